The van der Waals surface area contributed by atoms with Crippen LogP contribution in [0.5, 0.6) is 5.88 Å². The van der Waals surface area contributed by atoms with E-state index in [0.29, 0.717) is 22.4 Å². The Morgan fingerprint density at radius 3 is 2.30 bits per heavy atom. The normalized spacial score (nSPS) is 11.7. The van der Waals surface area contributed by atoms with Gasteiger partial charge in [-0.3, -0.25) is 9.59 Å². The number of amides is 1. The van der Waals surface area contributed by atoms with Crippen LogP contribution in [0.1, 0.15) is 28.5 Å². The molecule has 3 N–H and O–H groups in total. The summed E-state index contributed by atoms with van der Waals surface area (Å²) < 4.78 is 15.3. The van der Waals surface area contributed by atoms with Crippen molar-refractivity contribution in [2.75, 3.05) is 0 Å². The van der Waals surface area contributed by atoms with Gasteiger partial charge in [-0.05, 0) is 29.3 Å². The fourth-order valence-electron chi connectivity index (χ4n) is 3.49. The van der Waals surface area contributed by atoms with Crippen molar-refractivity contribution in [1.29, 1.82) is 0 Å². The Bertz CT molecular complexity index is 1290. The van der Waals surface area contributed by atoms with Crippen molar-refractivity contribution in [3.8, 4) is 22.7 Å². The average Bonchev–Trinajstić information content (AvgIpc) is 3.21. The van der Waals surface area contributed by atoms with Gasteiger partial charge < -0.3 is 15.5 Å². The van der Waals surface area contributed by atoms with Crippen LogP contribution < -0.4 is 5.32 Å². The molecule has 0 aliphatic rings. The Labute approximate surface area is 188 Å². The molecule has 1 amide bonds. The van der Waals surface area contributed by atoms with Gasteiger partial charge in [-0.25, -0.2) is 9.07 Å². The highest BCUT2D eigenvalue weighted by Gasteiger charge is 2.22. The lowest BCUT2D eigenvalue weighted by Gasteiger charge is -2.17. The standard InChI is InChI=1S/C25H20FN3O4/c26-20-9-5-4-8-19(20)16-10-12-17(13-11-16)21(15-24(31)32)27-25(33)22-14-23(30)29(28-22)18-6-2-1-3-7-18/h1-14,21,30H,15H2,(H,27,33)(H,31,32). The number of nitrogens with zero attached hydrogens (tertiary/aromatic N) is 2. The molecule has 8 heteroatoms. The zero-order chi connectivity index (χ0) is 23.4. The van der Waals surface area contributed by atoms with Gasteiger partial charge in [0.05, 0.1) is 18.2 Å². The van der Waals surface area contributed by atoms with Crippen LogP contribution >= 0.6 is 0 Å². The molecule has 0 bridgehead atoms. The van der Waals surface area contributed by atoms with Crippen molar-refractivity contribution in [2.45, 2.75) is 12.5 Å². The third kappa shape index (κ3) is 4.90. The molecule has 1 heterocycles. The third-order valence-corrected chi connectivity index (χ3v) is 5.11. The van der Waals surface area contributed by atoms with Crippen LogP contribution in [0.4, 0.5) is 4.39 Å². The predicted octanol–water partition coefficient (Wildman–Crippen LogP) is 4.33. The van der Waals surface area contributed by atoms with Crippen molar-refractivity contribution in [3.05, 3.63) is 102 Å². The molecule has 1 unspecified atom stereocenters. The topological polar surface area (TPSA) is 104 Å². The number of benzene rings is 3. The molecular weight excluding hydrogens is 425 g/mol. The molecular formula is C25H20FN3O4. The van der Waals surface area contributed by atoms with E-state index in [4.69, 9.17) is 0 Å². The van der Waals surface area contributed by atoms with Crippen LogP contribution in [0.3, 0.4) is 0 Å². The number of aliphatic carboxylic acids is 1. The minimum absolute atomic E-state index is 0.0604. The van der Waals surface area contributed by atoms with E-state index in [1.54, 1.807) is 66.7 Å². The summed E-state index contributed by atoms with van der Waals surface area (Å²) >= 11 is 0. The van der Waals surface area contributed by atoms with Crippen LogP contribution in [0.2, 0.25) is 0 Å². The van der Waals surface area contributed by atoms with Crippen LogP contribution in [0, 0.1) is 5.82 Å². The molecule has 0 fully saturated rings. The van der Waals surface area contributed by atoms with Gasteiger partial charge in [0.2, 0.25) is 5.88 Å². The largest absolute Gasteiger partial charge is 0.493 e. The highest BCUT2D eigenvalue weighted by atomic mass is 19.1. The quantitative estimate of drug-likeness (QED) is 0.393. The molecule has 4 aromatic rings. The van der Waals surface area contributed by atoms with Gasteiger partial charge in [0, 0.05) is 11.6 Å². The van der Waals surface area contributed by atoms with Crippen LogP contribution in [-0.4, -0.2) is 31.9 Å². The number of hydrogen-bond acceptors (Lipinski definition) is 4. The number of halogens is 1. The minimum atomic E-state index is -1.10. The van der Waals surface area contributed by atoms with Gasteiger partial charge >= 0.3 is 5.97 Å². The molecule has 1 aromatic heterocycles. The number of hydrogen-bond donors (Lipinski definition) is 3. The van der Waals surface area contributed by atoms with Crippen molar-refractivity contribution >= 4 is 11.9 Å². The maximum Gasteiger partial charge on any atom is 0.305 e. The van der Waals surface area contributed by atoms with E-state index < -0.39 is 17.9 Å². The Kier molecular flexibility index (Phi) is 6.17. The predicted molar refractivity (Wildman–Crippen MR) is 120 cm³/mol. The monoisotopic (exact) mass is 445 g/mol. The molecule has 7 nitrogen and oxygen atoms in total. The Morgan fingerprint density at radius 1 is 0.970 bits per heavy atom. The highest BCUT2D eigenvalue weighted by molar-refractivity contribution is 5.93. The summed E-state index contributed by atoms with van der Waals surface area (Å²) in [6.45, 7) is 0. The molecule has 166 valence electrons. The Balaban J connectivity index is 1.57. The highest BCUT2D eigenvalue weighted by Crippen LogP contribution is 2.26. The third-order valence-electron chi connectivity index (χ3n) is 5.11. The second-order valence-electron chi connectivity index (χ2n) is 7.36. The van der Waals surface area contributed by atoms with E-state index in [1.807, 2.05) is 6.07 Å². The van der Waals surface area contributed by atoms with Crippen molar-refractivity contribution in [1.82, 2.24) is 15.1 Å². The van der Waals surface area contributed by atoms with Crippen molar-refractivity contribution < 1.29 is 24.2 Å². The number of aromatic nitrogens is 2. The smallest absolute Gasteiger partial charge is 0.305 e. The molecule has 0 aliphatic carbocycles. The number of aromatic hydroxyl groups is 1. The molecule has 0 spiro atoms. The van der Waals surface area contributed by atoms with Crippen LogP contribution in [-0.2, 0) is 4.79 Å². The first-order chi connectivity index (χ1) is 15.9. The number of carboxylic acid groups (broad SMARTS) is 1. The van der Waals surface area contributed by atoms with E-state index in [2.05, 4.69) is 10.4 Å². The maximum atomic E-state index is 14.1. The number of para-hydroxylation sites is 1. The number of rotatable bonds is 7. The van der Waals surface area contributed by atoms with Gasteiger partial charge in [-0.1, -0.05) is 60.7 Å². The first-order valence-corrected chi connectivity index (χ1v) is 10.1. The SMILES string of the molecule is O=C(O)CC(NC(=O)c1cc(O)n(-c2ccccc2)n1)c1ccc(-c2ccccc2F)cc1. The van der Waals surface area contributed by atoms with Gasteiger partial charge in [0.15, 0.2) is 5.69 Å². The molecule has 4 rings (SSSR count). The van der Waals surface area contributed by atoms with E-state index in [9.17, 15) is 24.2 Å². The lowest BCUT2D eigenvalue weighted by molar-refractivity contribution is -0.137. The molecule has 33 heavy (non-hydrogen) atoms. The van der Waals surface area contributed by atoms with Crippen LogP contribution in [0.15, 0.2) is 84.9 Å². The zero-order valence-electron chi connectivity index (χ0n) is 17.4. The average molecular weight is 445 g/mol. The first kappa shape index (κ1) is 21.8. The summed E-state index contributed by atoms with van der Waals surface area (Å²) in [5, 5.41) is 26.3. The molecule has 0 aliphatic heterocycles. The number of carboxylic acids is 1. The molecule has 0 radical (unpaired) electrons. The van der Waals surface area contributed by atoms with E-state index in [1.165, 1.54) is 16.8 Å². The summed E-state index contributed by atoms with van der Waals surface area (Å²) in [5.41, 5.74) is 2.10. The molecule has 0 saturated carbocycles. The molecule has 0 saturated heterocycles. The summed E-state index contributed by atoms with van der Waals surface area (Å²) in [6.07, 6.45) is -0.365. The molecule has 3 aromatic carbocycles. The number of carbonyl (C=O) groups excluding carboxylic acids is 1. The Hall–Kier alpha value is -4.46. The van der Waals surface area contributed by atoms with Gasteiger partial charge in [0.1, 0.15) is 5.82 Å². The van der Waals surface area contributed by atoms with Gasteiger partial charge in [-0.15, -0.1) is 0 Å². The summed E-state index contributed by atoms with van der Waals surface area (Å²) in [6, 6.07) is 22.1. The Morgan fingerprint density at radius 2 is 1.64 bits per heavy atom. The van der Waals surface area contributed by atoms with Crippen molar-refractivity contribution in [3.63, 3.8) is 0 Å². The van der Waals surface area contributed by atoms with Gasteiger partial charge in [0.25, 0.3) is 5.91 Å². The number of carbonyl (C=O) groups is 2. The molecule has 1 atom stereocenters. The van der Waals surface area contributed by atoms with Crippen LogP contribution in [0.25, 0.3) is 16.8 Å². The van der Waals surface area contributed by atoms with E-state index in [0.717, 1.165) is 0 Å². The van der Waals surface area contributed by atoms with E-state index in [-0.39, 0.29) is 23.8 Å². The van der Waals surface area contributed by atoms with E-state index >= 15 is 0 Å². The summed E-state index contributed by atoms with van der Waals surface area (Å²) in [7, 11) is 0. The number of nitrogens with one attached hydrogen (secondary N) is 1. The van der Waals surface area contributed by atoms with Gasteiger partial charge in [-0.2, -0.15) is 5.10 Å². The second-order valence-corrected chi connectivity index (χ2v) is 7.36. The zero-order valence-corrected chi connectivity index (χ0v) is 17.4. The second kappa shape index (κ2) is 9.35. The minimum Gasteiger partial charge on any atom is -0.493 e. The summed E-state index contributed by atoms with van der Waals surface area (Å²) in [5.74, 6) is -2.33. The summed E-state index contributed by atoms with van der Waals surface area (Å²) in [4.78, 5) is 24.2. The lowest BCUT2D eigenvalue weighted by Crippen LogP contribution is -2.30. The fraction of sp³-hybridized carbons (Fsp3) is 0.0800. The first-order valence-electron chi connectivity index (χ1n) is 10.1. The lowest BCUT2D eigenvalue weighted by atomic mass is 9.98. The van der Waals surface area contributed by atoms with Crippen molar-refractivity contribution in [2.24, 2.45) is 0 Å². The fourth-order valence-corrected chi connectivity index (χ4v) is 3.49. The maximum absolute atomic E-state index is 14.1.